The number of benzene rings is 1. The highest BCUT2D eigenvalue weighted by molar-refractivity contribution is 5.89. The molecule has 126 valence electrons. The number of carbonyl (C=O) groups is 1. The van der Waals surface area contributed by atoms with E-state index in [2.05, 4.69) is 21.7 Å². The minimum absolute atomic E-state index is 0.0602. The summed E-state index contributed by atoms with van der Waals surface area (Å²) in [4.78, 5) is 12.2. The van der Waals surface area contributed by atoms with E-state index in [9.17, 15) is 4.79 Å². The average molecular weight is 326 g/mol. The lowest BCUT2D eigenvalue weighted by atomic mass is 10.0. The Labute approximate surface area is 140 Å². The second-order valence-corrected chi connectivity index (χ2v) is 6.38. The van der Waals surface area contributed by atoms with E-state index in [1.807, 2.05) is 40.0 Å². The van der Waals surface area contributed by atoms with Crippen LogP contribution >= 0.6 is 0 Å². The molecule has 3 rings (SSSR count). The Morgan fingerprint density at radius 2 is 2.12 bits per heavy atom. The Hall–Kier alpha value is -2.63. The van der Waals surface area contributed by atoms with Crippen LogP contribution in [0.25, 0.3) is 11.0 Å². The number of furan rings is 1. The van der Waals surface area contributed by atoms with Crippen LogP contribution in [0, 0.1) is 13.8 Å². The highest BCUT2D eigenvalue weighted by Gasteiger charge is 2.13. The molecule has 0 radical (unpaired) electrons. The molecule has 1 amide bonds. The van der Waals surface area contributed by atoms with E-state index in [4.69, 9.17) is 4.42 Å². The third-order valence-corrected chi connectivity index (χ3v) is 4.25. The molecule has 1 aromatic carbocycles. The first kappa shape index (κ1) is 16.2. The predicted molar refractivity (Wildman–Crippen MR) is 91.6 cm³/mol. The highest BCUT2D eigenvalue weighted by atomic mass is 16.3. The van der Waals surface area contributed by atoms with Crippen molar-refractivity contribution in [3.8, 4) is 0 Å². The van der Waals surface area contributed by atoms with Crippen LogP contribution in [-0.4, -0.2) is 20.9 Å². The fraction of sp³-hybridized carbons (Fsp3) is 0.389. The first-order valence-electron chi connectivity index (χ1n) is 8.09. The molecule has 0 spiro atoms. The number of hydrogen-bond acceptors (Lipinski definition) is 4. The molecule has 24 heavy (non-hydrogen) atoms. The maximum atomic E-state index is 12.2. The Balaban J connectivity index is 1.65. The number of aryl methyl sites for hydroxylation is 2. The van der Waals surface area contributed by atoms with Gasteiger partial charge in [0, 0.05) is 17.0 Å². The average Bonchev–Trinajstić information content (AvgIpc) is 3.17. The van der Waals surface area contributed by atoms with Gasteiger partial charge in [-0.05, 0) is 38.8 Å². The number of nitrogens with one attached hydrogen (secondary N) is 1. The van der Waals surface area contributed by atoms with Crippen molar-refractivity contribution in [1.29, 1.82) is 0 Å². The lowest BCUT2D eigenvalue weighted by Crippen LogP contribution is -2.24. The van der Waals surface area contributed by atoms with E-state index in [0.29, 0.717) is 6.54 Å². The van der Waals surface area contributed by atoms with Gasteiger partial charge < -0.3 is 9.73 Å². The van der Waals surface area contributed by atoms with E-state index >= 15 is 0 Å². The molecule has 0 aliphatic carbocycles. The number of fused-ring (bicyclic) bond motifs is 1. The Morgan fingerprint density at radius 1 is 1.33 bits per heavy atom. The summed E-state index contributed by atoms with van der Waals surface area (Å²) in [6.45, 7) is 8.52. The zero-order chi connectivity index (χ0) is 17.3. The van der Waals surface area contributed by atoms with Crippen molar-refractivity contribution in [2.45, 2.75) is 46.7 Å². The van der Waals surface area contributed by atoms with Crippen LogP contribution in [0.4, 0.5) is 0 Å². The van der Waals surface area contributed by atoms with Crippen LogP contribution in [0.2, 0.25) is 0 Å². The molecule has 0 fully saturated rings. The van der Waals surface area contributed by atoms with Crippen LogP contribution in [0.1, 0.15) is 42.3 Å². The fourth-order valence-corrected chi connectivity index (χ4v) is 2.60. The second-order valence-electron chi connectivity index (χ2n) is 6.38. The molecule has 6 nitrogen and oxygen atoms in total. The fourth-order valence-electron chi connectivity index (χ4n) is 2.60. The van der Waals surface area contributed by atoms with Gasteiger partial charge in [-0.1, -0.05) is 17.3 Å². The van der Waals surface area contributed by atoms with Gasteiger partial charge >= 0.3 is 0 Å². The molecule has 0 unspecified atom stereocenters. The van der Waals surface area contributed by atoms with E-state index < -0.39 is 0 Å². The van der Waals surface area contributed by atoms with Gasteiger partial charge in [-0.2, -0.15) is 0 Å². The summed E-state index contributed by atoms with van der Waals surface area (Å²) >= 11 is 0. The summed E-state index contributed by atoms with van der Waals surface area (Å²) in [5, 5.41) is 12.0. The van der Waals surface area contributed by atoms with Gasteiger partial charge in [0.15, 0.2) is 0 Å². The second kappa shape index (κ2) is 6.47. The maximum Gasteiger partial charge on any atom is 0.224 e. The molecule has 2 aromatic heterocycles. The molecule has 0 saturated heterocycles. The highest BCUT2D eigenvalue weighted by Crippen LogP contribution is 2.26. The van der Waals surface area contributed by atoms with Crippen LogP contribution in [-0.2, 0) is 17.8 Å². The van der Waals surface area contributed by atoms with Gasteiger partial charge in [0.2, 0.25) is 5.91 Å². The number of aromatic nitrogens is 3. The first-order valence-corrected chi connectivity index (χ1v) is 8.09. The molecule has 0 saturated carbocycles. The molecule has 1 N–H and O–H groups in total. The van der Waals surface area contributed by atoms with Crippen molar-refractivity contribution >= 4 is 16.9 Å². The minimum Gasteiger partial charge on any atom is -0.464 e. The number of carbonyl (C=O) groups excluding carboxylic acids is 1. The molecule has 0 aliphatic heterocycles. The zero-order valence-electron chi connectivity index (χ0n) is 14.5. The van der Waals surface area contributed by atoms with Crippen molar-refractivity contribution in [3.63, 3.8) is 0 Å². The zero-order valence-corrected chi connectivity index (χ0v) is 14.5. The van der Waals surface area contributed by atoms with Crippen LogP contribution in [0.5, 0.6) is 0 Å². The number of nitrogens with zero attached hydrogens (tertiary/aromatic N) is 3. The molecular weight excluding hydrogens is 304 g/mol. The smallest absolute Gasteiger partial charge is 0.224 e. The molecule has 0 aliphatic rings. The summed E-state index contributed by atoms with van der Waals surface area (Å²) in [6.07, 6.45) is 3.81. The van der Waals surface area contributed by atoms with E-state index in [0.717, 1.165) is 27.8 Å². The molecule has 0 bridgehead atoms. The largest absolute Gasteiger partial charge is 0.464 e. The Bertz CT molecular complexity index is 876. The van der Waals surface area contributed by atoms with Crippen molar-refractivity contribution in [1.82, 2.24) is 20.3 Å². The molecule has 0 atom stereocenters. The third kappa shape index (κ3) is 3.18. The molecular formula is C18H22N4O2. The summed E-state index contributed by atoms with van der Waals surface area (Å²) in [6, 6.07) is 4.32. The third-order valence-electron chi connectivity index (χ3n) is 4.25. The van der Waals surface area contributed by atoms with Crippen LogP contribution in [0.3, 0.4) is 0 Å². The van der Waals surface area contributed by atoms with Gasteiger partial charge in [0.25, 0.3) is 0 Å². The maximum absolute atomic E-state index is 12.2. The quantitative estimate of drug-likeness (QED) is 0.782. The standard InChI is InChI=1S/C18H22N4O2/c1-11(2)22-9-15(20-21-22)8-19-17(23)7-14-10-24-18-13(4)12(3)5-6-16(14)18/h5-6,9-11H,7-8H2,1-4H3,(H,19,23). The SMILES string of the molecule is Cc1ccc2c(CC(=O)NCc3cn(C(C)C)nn3)coc2c1C. The van der Waals surface area contributed by atoms with Crippen molar-refractivity contribution in [2.24, 2.45) is 0 Å². The first-order chi connectivity index (χ1) is 11.5. The van der Waals surface area contributed by atoms with Gasteiger partial charge in [-0.3, -0.25) is 4.79 Å². The van der Waals surface area contributed by atoms with Crippen molar-refractivity contribution in [2.75, 3.05) is 0 Å². The molecule has 2 heterocycles. The van der Waals surface area contributed by atoms with Crippen LogP contribution < -0.4 is 5.32 Å². The number of rotatable bonds is 5. The van der Waals surface area contributed by atoms with E-state index in [-0.39, 0.29) is 18.4 Å². The van der Waals surface area contributed by atoms with Gasteiger partial charge in [0.1, 0.15) is 11.3 Å². The van der Waals surface area contributed by atoms with E-state index in [1.54, 1.807) is 10.9 Å². The van der Waals surface area contributed by atoms with Gasteiger partial charge in [-0.15, -0.1) is 5.10 Å². The van der Waals surface area contributed by atoms with Gasteiger partial charge in [0.05, 0.1) is 25.4 Å². The number of amides is 1. The summed E-state index contributed by atoms with van der Waals surface area (Å²) in [5.74, 6) is -0.0602. The number of hydrogen-bond donors (Lipinski definition) is 1. The van der Waals surface area contributed by atoms with E-state index in [1.165, 1.54) is 5.56 Å². The van der Waals surface area contributed by atoms with Crippen LogP contribution in [0.15, 0.2) is 29.0 Å². The topological polar surface area (TPSA) is 73.0 Å². The van der Waals surface area contributed by atoms with Crippen molar-refractivity contribution < 1.29 is 9.21 Å². The summed E-state index contributed by atoms with van der Waals surface area (Å²) in [7, 11) is 0. The molecule has 6 heteroatoms. The predicted octanol–water partition coefficient (Wildman–Crippen LogP) is 3.08. The monoisotopic (exact) mass is 326 g/mol. The normalized spacial score (nSPS) is 11.4. The lowest BCUT2D eigenvalue weighted by molar-refractivity contribution is -0.120. The lowest BCUT2D eigenvalue weighted by Gasteiger charge is -2.03. The summed E-state index contributed by atoms with van der Waals surface area (Å²) in [5.41, 5.74) is 4.81. The van der Waals surface area contributed by atoms with Gasteiger partial charge in [-0.25, -0.2) is 4.68 Å². The van der Waals surface area contributed by atoms with Crippen molar-refractivity contribution in [3.05, 3.63) is 47.0 Å². The minimum atomic E-state index is -0.0602. The Kier molecular flexibility index (Phi) is 4.38. The Morgan fingerprint density at radius 3 is 2.83 bits per heavy atom. The summed E-state index contributed by atoms with van der Waals surface area (Å²) < 4.78 is 7.42. The molecule has 3 aromatic rings.